The lowest BCUT2D eigenvalue weighted by atomic mass is 9.93. The summed E-state index contributed by atoms with van der Waals surface area (Å²) in [6.07, 6.45) is 6.65. The van der Waals surface area contributed by atoms with E-state index in [9.17, 15) is 0 Å². The van der Waals surface area contributed by atoms with Crippen molar-refractivity contribution in [3.05, 3.63) is 20.8 Å². The van der Waals surface area contributed by atoms with Crippen molar-refractivity contribution in [3.63, 3.8) is 0 Å². The topological polar surface area (TPSA) is 0 Å². The Balaban J connectivity index is 1.89. The van der Waals surface area contributed by atoms with Crippen LogP contribution in [0.15, 0.2) is 15.2 Å². The van der Waals surface area contributed by atoms with E-state index >= 15 is 0 Å². The monoisotopic (exact) mass is 386 g/mol. The quantitative estimate of drug-likeness (QED) is 0.406. The molecule has 0 aromatic carbocycles. The zero-order valence-corrected chi connectivity index (χ0v) is 15.9. The van der Waals surface area contributed by atoms with Crippen LogP contribution in [0, 0.1) is 5.92 Å². The van der Waals surface area contributed by atoms with Crippen molar-refractivity contribution in [2.75, 3.05) is 0 Å². The van der Waals surface area contributed by atoms with Gasteiger partial charge in [-0.2, -0.15) is 0 Å². The van der Waals surface area contributed by atoms with Crippen molar-refractivity contribution in [2.45, 2.75) is 46.0 Å². The Hall–Kier alpha value is 0.1000. The van der Waals surface area contributed by atoms with Gasteiger partial charge in [-0.1, -0.05) is 39.5 Å². The summed E-state index contributed by atoms with van der Waals surface area (Å²) < 4.78 is 7.26. The maximum Gasteiger partial charge on any atom is 0.0719 e. The molecule has 0 aliphatic carbocycles. The van der Waals surface area contributed by atoms with Crippen molar-refractivity contribution < 1.29 is 0 Å². The van der Waals surface area contributed by atoms with Crippen LogP contribution in [0.5, 0.6) is 0 Å². The number of fused-ring (bicyclic) bond motifs is 3. The average Bonchev–Trinajstić information content (AvgIpc) is 3.06. The van der Waals surface area contributed by atoms with Crippen LogP contribution in [0.3, 0.4) is 0 Å². The molecular formula is C16H19BrS3. The third-order valence-electron chi connectivity index (χ3n) is 3.95. The lowest BCUT2D eigenvalue weighted by Crippen LogP contribution is -2.02. The Bertz CT molecular complexity index is 704. The van der Waals surface area contributed by atoms with Gasteiger partial charge >= 0.3 is 0 Å². The van der Waals surface area contributed by atoms with Crippen molar-refractivity contribution in [1.29, 1.82) is 0 Å². The summed E-state index contributed by atoms with van der Waals surface area (Å²) in [5.41, 5.74) is 1.59. The number of unbranched alkanes of at least 4 members (excludes halogenated alkanes) is 1. The summed E-state index contributed by atoms with van der Waals surface area (Å²) in [6, 6.07) is 2.27. The molecule has 0 fully saturated rings. The fourth-order valence-electron chi connectivity index (χ4n) is 2.74. The second-order valence-corrected chi connectivity index (χ2v) is 9.75. The standard InChI is InChI=1S/C16H19BrS3/c1-3-5-6-10(4-2)7-11-9-18-16-14(11)19-12-8-13(17)20-15(12)16/h8-10H,3-7H2,1-2H3. The number of thiophene rings is 3. The van der Waals surface area contributed by atoms with Gasteiger partial charge in [-0.25, -0.2) is 0 Å². The van der Waals surface area contributed by atoms with Crippen molar-refractivity contribution in [2.24, 2.45) is 5.92 Å². The summed E-state index contributed by atoms with van der Waals surface area (Å²) in [5.74, 6) is 0.861. The molecule has 3 rings (SSSR count). The van der Waals surface area contributed by atoms with E-state index in [1.165, 1.54) is 50.0 Å². The van der Waals surface area contributed by atoms with Crippen LogP contribution in [-0.2, 0) is 6.42 Å². The Labute approximate surface area is 141 Å². The van der Waals surface area contributed by atoms with Gasteiger partial charge in [-0.05, 0) is 45.3 Å². The molecular weight excluding hydrogens is 368 g/mol. The van der Waals surface area contributed by atoms with Crippen LogP contribution in [0.2, 0.25) is 0 Å². The van der Waals surface area contributed by atoms with Gasteiger partial charge in [0.15, 0.2) is 0 Å². The van der Waals surface area contributed by atoms with Crippen LogP contribution >= 0.6 is 49.9 Å². The SMILES string of the molecule is CCCCC(CC)Cc1csc2c1sc1cc(Br)sc12. The minimum atomic E-state index is 0.861. The highest BCUT2D eigenvalue weighted by molar-refractivity contribution is 9.11. The smallest absolute Gasteiger partial charge is 0.0719 e. The molecule has 0 saturated heterocycles. The Kier molecular flexibility index (Phi) is 4.86. The van der Waals surface area contributed by atoms with Gasteiger partial charge in [0.2, 0.25) is 0 Å². The predicted molar refractivity (Wildman–Crippen MR) is 99.8 cm³/mol. The first-order chi connectivity index (χ1) is 9.72. The van der Waals surface area contributed by atoms with Gasteiger partial charge in [0.25, 0.3) is 0 Å². The molecule has 1 unspecified atom stereocenters. The van der Waals surface area contributed by atoms with E-state index in [0.717, 1.165) is 5.92 Å². The molecule has 3 aromatic rings. The van der Waals surface area contributed by atoms with Crippen molar-refractivity contribution in [3.8, 4) is 0 Å². The summed E-state index contributed by atoms with van der Waals surface area (Å²) in [7, 11) is 0. The highest BCUT2D eigenvalue weighted by Crippen LogP contribution is 2.46. The third kappa shape index (κ3) is 2.85. The lowest BCUT2D eigenvalue weighted by molar-refractivity contribution is 0.451. The maximum absolute atomic E-state index is 3.61. The van der Waals surface area contributed by atoms with Crippen LogP contribution in [0.25, 0.3) is 18.8 Å². The first-order valence-corrected chi connectivity index (χ1v) is 10.6. The van der Waals surface area contributed by atoms with E-state index in [-0.39, 0.29) is 0 Å². The van der Waals surface area contributed by atoms with Gasteiger partial charge in [0, 0.05) is 4.70 Å². The zero-order chi connectivity index (χ0) is 14.1. The van der Waals surface area contributed by atoms with E-state index in [1.54, 1.807) is 10.3 Å². The van der Waals surface area contributed by atoms with E-state index in [1.807, 2.05) is 34.0 Å². The van der Waals surface area contributed by atoms with Gasteiger partial charge in [-0.15, -0.1) is 34.0 Å². The fraction of sp³-hybridized carbons (Fsp3) is 0.500. The highest BCUT2D eigenvalue weighted by atomic mass is 79.9. The second kappa shape index (κ2) is 6.47. The average molecular weight is 387 g/mol. The minimum Gasteiger partial charge on any atom is -0.141 e. The fourth-order valence-corrected chi connectivity index (χ4v) is 7.38. The zero-order valence-electron chi connectivity index (χ0n) is 11.9. The van der Waals surface area contributed by atoms with Gasteiger partial charge in [0.1, 0.15) is 0 Å². The van der Waals surface area contributed by atoms with Crippen LogP contribution in [0.1, 0.15) is 45.1 Å². The molecule has 1 atom stereocenters. The first-order valence-electron chi connectivity index (χ1n) is 7.30. The summed E-state index contributed by atoms with van der Waals surface area (Å²) >= 11 is 9.41. The number of hydrogen-bond acceptors (Lipinski definition) is 3. The molecule has 0 nitrogen and oxygen atoms in total. The summed E-state index contributed by atoms with van der Waals surface area (Å²) in [5, 5.41) is 2.41. The normalized spacial score (nSPS) is 13.6. The molecule has 0 N–H and O–H groups in total. The molecule has 0 spiro atoms. The van der Waals surface area contributed by atoms with Gasteiger partial charge in [0.05, 0.1) is 17.9 Å². The van der Waals surface area contributed by atoms with Gasteiger partial charge in [-0.3, -0.25) is 0 Å². The molecule has 0 saturated carbocycles. The number of rotatable bonds is 6. The van der Waals surface area contributed by atoms with Crippen LogP contribution in [-0.4, -0.2) is 0 Å². The molecule has 20 heavy (non-hydrogen) atoms. The Morgan fingerprint density at radius 3 is 2.75 bits per heavy atom. The Morgan fingerprint density at radius 2 is 2.00 bits per heavy atom. The van der Waals surface area contributed by atoms with E-state index in [0.29, 0.717) is 0 Å². The largest absolute Gasteiger partial charge is 0.141 e. The molecule has 0 amide bonds. The molecule has 0 aliphatic heterocycles. The molecule has 3 heterocycles. The minimum absolute atomic E-state index is 0.861. The van der Waals surface area contributed by atoms with Gasteiger partial charge < -0.3 is 0 Å². The third-order valence-corrected chi connectivity index (χ3v) is 8.26. The van der Waals surface area contributed by atoms with E-state index < -0.39 is 0 Å². The van der Waals surface area contributed by atoms with Crippen LogP contribution < -0.4 is 0 Å². The maximum atomic E-state index is 3.61. The first kappa shape index (κ1) is 15.0. The molecule has 0 radical (unpaired) electrons. The molecule has 4 heteroatoms. The molecule has 0 aliphatic rings. The summed E-state index contributed by atoms with van der Waals surface area (Å²) in [6.45, 7) is 4.63. The van der Waals surface area contributed by atoms with Crippen molar-refractivity contribution in [1.82, 2.24) is 0 Å². The molecule has 0 bridgehead atoms. The van der Waals surface area contributed by atoms with E-state index in [2.05, 4.69) is 41.2 Å². The number of halogens is 1. The Morgan fingerprint density at radius 1 is 1.15 bits per heavy atom. The predicted octanol–water partition coefficient (Wildman–Crippen LogP) is 7.70. The lowest BCUT2D eigenvalue weighted by Gasteiger charge is -2.13. The van der Waals surface area contributed by atoms with Crippen molar-refractivity contribution >= 4 is 68.7 Å². The van der Waals surface area contributed by atoms with E-state index in [4.69, 9.17) is 0 Å². The second-order valence-electron chi connectivity index (χ2n) is 5.39. The highest BCUT2D eigenvalue weighted by Gasteiger charge is 2.16. The van der Waals surface area contributed by atoms with Crippen LogP contribution in [0.4, 0.5) is 0 Å². The molecule has 108 valence electrons. The molecule has 3 aromatic heterocycles. The summed E-state index contributed by atoms with van der Waals surface area (Å²) in [4.78, 5) is 0. The number of hydrogen-bond donors (Lipinski definition) is 0.